The van der Waals surface area contributed by atoms with E-state index in [2.05, 4.69) is 0 Å². The smallest absolute Gasteiger partial charge is 0.308 e. The summed E-state index contributed by atoms with van der Waals surface area (Å²) in [7, 11) is 0. The molecule has 1 aromatic carbocycles. The molecule has 0 bridgehead atoms. The second kappa shape index (κ2) is 13.4. The lowest BCUT2D eigenvalue weighted by Crippen LogP contribution is -2.63. The van der Waals surface area contributed by atoms with Gasteiger partial charge >= 0.3 is 35.8 Å². The second-order valence-electron chi connectivity index (χ2n) is 8.01. The highest BCUT2D eigenvalue weighted by Crippen LogP contribution is 2.34. The molecule has 1 saturated heterocycles. The molecule has 5 atom stereocenters. The number of benzene rings is 1. The molecule has 0 saturated carbocycles. The Bertz CT molecular complexity index is 1050. The van der Waals surface area contributed by atoms with E-state index in [0.717, 1.165) is 41.5 Å². The topological polar surface area (TPSA) is 176 Å². The van der Waals surface area contributed by atoms with E-state index in [4.69, 9.17) is 37.9 Å². The lowest BCUT2D eigenvalue weighted by atomic mass is 9.98. The zero-order valence-corrected chi connectivity index (χ0v) is 21.5. The van der Waals surface area contributed by atoms with E-state index in [1.807, 2.05) is 0 Å². The average molecular weight is 540 g/mol. The summed E-state index contributed by atoms with van der Waals surface area (Å²) in [5.74, 6) is -4.66. The average Bonchev–Trinajstić information content (AvgIpc) is 2.74. The highest BCUT2D eigenvalue weighted by Gasteiger charge is 2.53. The van der Waals surface area contributed by atoms with Crippen molar-refractivity contribution in [2.45, 2.75) is 72.2 Å². The van der Waals surface area contributed by atoms with Crippen molar-refractivity contribution in [2.75, 3.05) is 6.61 Å². The molecule has 1 fully saturated rings. The van der Waals surface area contributed by atoms with Gasteiger partial charge in [0.15, 0.2) is 12.2 Å². The van der Waals surface area contributed by atoms with Gasteiger partial charge in [0.2, 0.25) is 12.4 Å². The highest BCUT2D eigenvalue weighted by molar-refractivity contribution is 5.72. The lowest BCUT2D eigenvalue weighted by Gasteiger charge is -2.43. The van der Waals surface area contributed by atoms with E-state index in [-0.39, 0.29) is 17.2 Å². The Morgan fingerprint density at radius 1 is 0.605 bits per heavy atom. The molecule has 0 N–H and O–H groups in total. The Balaban J connectivity index is 2.55. The summed E-state index contributed by atoms with van der Waals surface area (Å²) in [4.78, 5) is 70.1. The fourth-order valence-electron chi connectivity index (χ4n) is 3.48. The Morgan fingerprint density at radius 2 is 1.05 bits per heavy atom. The minimum atomic E-state index is -1.55. The number of rotatable bonds is 9. The standard InChI is InChI=1S/C24H28O14/c1-11(25)31-10-20-21(34-14(4)28)22(35-15(5)29)23(36-16(6)30)24(38-20)37-19-8-17(32-12(2)26)7-18(9-19)33-13(3)27/h7-9,20-24H,10H2,1-6H3. The molecule has 14 heteroatoms. The first-order valence-corrected chi connectivity index (χ1v) is 11.2. The van der Waals surface area contributed by atoms with Crippen molar-refractivity contribution < 1.29 is 66.7 Å². The Hall–Kier alpha value is -4.20. The molecule has 38 heavy (non-hydrogen) atoms. The van der Waals surface area contributed by atoms with Crippen LogP contribution in [0.2, 0.25) is 0 Å². The molecule has 208 valence electrons. The van der Waals surface area contributed by atoms with Crippen LogP contribution in [0.25, 0.3) is 0 Å². The third-order valence-electron chi connectivity index (χ3n) is 4.58. The monoisotopic (exact) mass is 540 g/mol. The summed E-state index contributed by atoms with van der Waals surface area (Å²) < 4.78 is 42.8. The highest BCUT2D eigenvalue weighted by atomic mass is 16.7. The van der Waals surface area contributed by atoms with Gasteiger partial charge in [-0.3, -0.25) is 28.8 Å². The number of carbonyl (C=O) groups is 6. The minimum absolute atomic E-state index is 0.0584. The number of hydrogen-bond acceptors (Lipinski definition) is 14. The molecule has 1 aliphatic heterocycles. The first-order valence-electron chi connectivity index (χ1n) is 11.2. The van der Waals surface area contributed by atoms with Gasteiger partial charge in [-0.15, -0.1) is 0 Å². The molecule has 0 amide bonds. The Kier molecular flexibility index (Phi) is 10.6. The van der Waals surface area contributed by atoms with Crippen LogP contribution in [-0.4, -0.2) is 73.1 Å². The largest absolute Gasteiger partial charge is 0.463 e. The first-order chi connectivity index (χ1) is 17.7. The molecule has 2 rings (SSSR count). The lowest BCUT2D eigenvalue weighted by molar-refractivity contribution is -0.288. The van der Waals surface area contributed by atoms with Crippen LogP contribution in [0.15, 0.2) is 18.2 Å². The third-order valence-corrected chi connectivity index (χ3v) is 4.58. The number of hydrogen-bond donors (Lipinski definition) is 0. The fourth-order valence-corrected chi connectivity index (χ4v) is 3.48. The third kappa shape index (κ3) is 9.35. The summed E-state index contributed by atoms with van der Waals surface area (Å²) in [5.41, 5.74) is 0. The van der Waals surface area contributed by atoms with Gasteiger partial charge in [0.1, 0.15) is 30.0 Å². The van der Waals surface area contributed by atoms with Crippen molar-refractivity contribution in [2.24, 2.45) is 0 Å². The quantitative estimate of drug-likeness (QED) is 0.246. The van der Waals surface area contributed by atoms with Gasteiger partial charge in [0, 0.05) is 59.7 Å². The van der Waals surface area contributed by atoms with Crippen molar-refractivity contribution in [3.63, 3.8) is 0 Å². The zero-order chi connectivity index (χ0) is 28.6. The summed E-state index contributed by atoms with van der Waals surface area (Å²) in [6, 6.07) is 3.76. The molecule has 1 heterocycles. The fraction of sp³-hybridized carbons (Fsp3) is 0.500. The number of ether oxygens (including phenoxy) is 8. The number of carbonyl (C=O) groups excluding carboxylic acids is 6. The summed E-state index contributed by atoms with van der Waals surface area (Å²) in [6.45, 7) is 6.23. The van der Waals surface area contributed by atoms with Crippen molar-refractivity contribution >= 4 is 35.8 Å². The van der Waals surface area contributed by atoms with Gasteiger partial charge in [-0.2, -0.15) is 0 Å². The predicted molar refractivity (Wildman–Crippen MR) is 122 cm³/mol. The van der Waals surface area contributed by atoms with Crippen LogP contribution in [-0.2, 0) is 52.5 Å². The van der Waals surface area contributed by atoms with Crippen molar-refractivity contribution in [1.29, 1.82) is 0 Å². The van der Waals surface area contributed by atoms with E-state index in [0.29, 0.717) is 0 Å². The van der Waals surface area contributed by atoms with Crippen molar-refractivity contribution in [3.8, 4) is 17.2 Å². The summed E-state index contributed by atoms with van der Waals surface area (Å²) in [5, 5.41) is 0. The van der Waals surface area contributed by atoms with Crippen LogP contribution < -0.4 is 14.2 Å². The predicted octanol–water partition coefficient (Wildman–Crippen LogP) is 0.999. The Labute approximate surface area is 217 Å². The van der Waals surface area contributed by atoms with Gasteiger partial charge in [-0.05, 0) is 0 Å². The SMILES string of the molecule is CC(=O)OCC1OC(Oc2cc(OC(C)=O)cc(OC(C)=O)c2)C(OC(C)=O)C(OC(C)=O)C1OC(C)=O. The molecule has 1 aliphatic rings. The van der Waals surface area contributed by atoms with E-state index in [1.165, 1.54) is 18.2 Å². The van der Waals surface area contributed by atoms with Crippen LogP contribution in [0.3, 0.4) is 0 Å². The van der Waals surface area contributed by atoms with Crippen molar-refractivity contribution in [3.05, 3.63) is 18.2 Å². The van der Waals surface area contributed by atoms with Crippen LogP contribution >= 0.6 is 0 Å². The van der Waals surface area contributed by atoms with Gasteiger partial charge in [-0.1, -0.05) is 0 Å². The molecule has 0 radical (unpaired) electrons. The van der Waals surface area contributed by atoms with Crippen LogP contribution in [0, 0.1) is 0 Å². The second-order valence-corrected chi connectivity index (χ2v) is 8.01. The van der Waals surface area contributed by atoms with Gasteiger partial charge in [0.05, 0.1) is 0 Å². The molecule has 5 unspecified atom stereocenters. The maximum Gasteiger partial charge on any atom is 0.308 e. The Morgan fingerprint density at radius 3 is 1.50 bits per heavy atom. The molecule has 0 spiro atoms. The zero-order valence-electron chi connectivity index (χ0n) is 21.5. The van der Waals surface area contributed by atoms with Crippen LogP contribution in [0.1, 0.15) is 41.5 Å². The first kappa shape index (κ1) is 30.0. The molecule has 1 aromatic rings. The number of esters is 6. The van der Waals surface area contributed by atoms with E-state index in [9.17, 15) is 28.8 Å². The van der Waals surface area contributed by atoms with E-state index >= 15 is 0 Å². The van der Waals surface area contributed by atoms with Crippen molar-refractivity contribution in [1.82, 2.24) is 0 Å². The molecular weight excluding hydrogens is 512 g/mol. The summed E-state index contributed by atoms with van der Waals surface area (Å²) in [6.07, 6.45) is -7.11. The molecule has 14 nitrogen and oxygen atoms in total. The normalized spacial score (nSPS) is 22.3. The van der Waals surface area contributed by atoms with Gasteiger partial charge in [-0.25, -0.2) is 0 Å². The maximum absolute atomic E-state index is 12.0. The van der Waals surface area contributed by atoms with E-state index in [1.54, 1.807) is 0 Å². The van der Waals surface area contributed by atoms with Crippen LogP contribution in [0.4, 0.5) is 0 Å². The van der Waals surface area contributed by atoms with Gasteiger partial charge in [0.25, 0.3) is 0 Å². The van der Waals surface area contributed by atoms with Crippen LogP contribution in [0.5, 0.6) is 17.2 Å². The molecular formula is C24H28O14. The maximum atomic E-state index is 12.0. The minimum Gasteiger partial charge on any atom is -0.463 e. The van der Waals surface area contributed by atoms with Gasteiger partial charge < -0.3 is 37.9 Å². The molecule has 0 aliphatic carbocycles. The molecule has 0 aromatic heterocycles. The van der Waals surface area contributed by atoms with E-state index < -0.39 is 73.1 Å². The summed E-state index contributed by atoms with van der Waals surface area (Å²) >= 11 is 0.